The minimum Gasteiger partial charge on any atom is -0.388 e. The molecular weight excluding hydrogens is 226 g/mol. The van der Waals surface area contributed by atoms with Gasteiger partial charge in [-0.1, -0.05) is 18.2 Å². The van der Waals surface area contributed by atoms with Crippen LogP contribution in [-0.4, -0.2) is 22.8 Å². The molecule has 3 nitrogen and oxygen atoms in total. The van der Waals surface area contributed by atoms with E-state index in [0.717, 1.165) is 16.5 Å². The number of methoxy groups -OCH3 is 1. The molecule has 2 rings (SSSR count). The molecule has 0 aliphatic rings. The second-order valence-corrected chi connectivity index (χ2v) is 5.14. The van der Waals surface area contributed by atoms with Crippen molar-refractivity contribution in [2.45, 2.75) is 32.0 Å². The number of nitrogens with zero attached hydrogens (tertiary/aromatic N) is 1. The predicted octanol–water partition coefficient (Wildman–Crippen LogP) is 3.08. The first kappa shape index (κ1) is 13.0. The molecule has 0 amide bonds. The van der Waals surface area contributed by atoms with Crippen molar-refractivity contribution < 1.29 is 9.84 Å². The van der Waals surface area contributed by atoms with Crippen LogP contribution in [0.15, 0.2) is 36.5 Å². The Balaban J connectivity index is 2.25. The molecule has 0 saturated heterocycles. The van der Waals surface area contributed by atoms with Gasteiger partial charge in [0, 0.05) is 25.1 Å². The van der Waals surface area contributed by atoms with E-state index in [9.17, 15) is 5.11 Å². The number of rotatable bonds is 4. The molecule has 1 N–H and O–H groups in total. The van der Waals surface area contributed by atoms with E-state index in [1.165, 1.54) is 0 Å². The van der Waals surface area contributed by atoms with Crippen LogP contribution >= 0.6 is 0 Å². The van der Waals surface area contributed by atoms with Gasteiger partial charge in [-0.2, -0.15) is 0 Å². The van der Waals surface area contributed by atoms with Gasteiger partial charge in [-0.05, 0) is 31.5 Å². The summed E-state index contributed by atoms with van der Waals surface area (Å²) in [6.45, 7) is 3.94. The highest BCUT2D eigenvalue weighted by Gasteiger charge is 2.22. The maximum Gasteiger partial charge on any atom is 0.0818 e. The van der Waals surface area contributed by atoms with E-state index in [1.54, 1.807) is 13.3 Å². The van der Waals surface area contributed by atoms with Gasteiger partial charge in [-0.25, -0.2) is 0 Å². The number of pyridine rings is 1. The van der Waals surface area contributed by atoms with Gasteiger partial charge < -0.3 is 9.84 Å². The summed E-state index contributed by atoms with van der Waals surface area (Å²) in [5.41, 5.74) is 1.45. The molecule has 0 aliphatic carbocycles. The van der Waals surface area contributed by atoms with Crippen LogP contribution in [0.2, 0.25) is 0 Å². The maximum atomic E-state index is 10.2. The van der Waals surface area contributed by atoms with Gasteiger partial charge in [0.25, 0.3) is 0 Å². The molecule has 1 aromatic heterocycles. The van der Waals surface area contributed by atoms with Gasteiger partial charge in [0.1, 0.15) is 0 Å². The molecule has 1 atom stereocenters. The summed E-state index contributed by atoms with van der Waals surface area (Å²) in [6.07, 6.45) is 1.78. The lowest BCUT2D eigenvalue weighted by Gasteiger charge is -2.26. The predicted molar refractivity (Wildman–Crippen MR) is 72.4 cm³/mol. The summed E-state index contributed by atoms with van der Waals surface area (Å²) in [6, 6.07) is 9.79. The van der Waals surface area contributed by atoms with E-state index in [2.05, 4.69) is 4.98 Å². The lowest BCUT2D eigenvalue weighted by molar-refractivity contribution is -0.0200. The molecule has 0 radical (unpaired) electrons. The molecule has 0 saturated carbocycles. The smallest absolute Gasteiger partial charge is 0.0818 e. The molecule has 2 aromatic rings. The Morgan fingerprint density at radius 3 is 2.83 bits per heavy atom. The molecule has 0 fully saturated rings. The fraction of sp³-hybridized carbons (Fsp3) is 0.400. The fourth-order valence-electron chi connectivity index (χ4n) is 1.96. The van der Waals surface area contributed by atoms with Gasteiger partial charge in [0.05, 0.1) is 17.2 Å². The number of benzene rings is 1. The van der Waals surface area contributed by atoms with Gasteiger partial charge in [-0.15, -0.1) is 0 Å². The Morgan fingerprint density at radius 2 is 2.11 bits per heavy atom. The van der Waals surface area contributed by atoms with Gasteiger partial charge in [-0.3, -0.25) is 4.98 Å². The Hall–Kier alpha value is -1.45. The van der Waals surface area contributed by atoms with E-state index in [-0.39, 0.29) is 5.60 Å². The summed E-state index contributed by atoms with van der Waals surface area (Å²) >= 11 is 0. The number of aliphatic hydroxyl groups excluding tert-OH is 1. The van der Waals surface area contributed by atoms with Crippen LogP contribution in [0.1, 0.15) is 31.9 Å². The second-order valence-electron chi connectivity index (χ2n) is 5.14. The number of fused-ring (bicyclic) bond motifs is 1. The van der Waals surface area contributed by atoms with Crippen molar-refractivity contribution in [3.05, 3.63) is 42.1 Å². The lowest BCUT2D eigenvalue weighted by Crippen LogP contribution is -2.25. The highest BCUT2D eigenvalue weighted by molar-refractivity contribution is 5.78. The maximum absolute atomic E-state index is 10.2. The summed E-state index contributed by atoms with van der Waals surface area (Å²) in [7, 11) is 1.66. The molecular formula is C15H19NO2. The molecule has 0 bridgehead atoms. The first-order valence-corrected chi connectivity index (χ1v) is 6.10. The molecule has 0 aliphatic heterocycles. The zero-order valence-electron chi connectivity index (χ0n) is 11.1. The lowest BCUT2D eigenvalue weighted by atomic mass is 9.95. The van der Waals surface area contributed by atoms with Crippen LogP contribution in [0.5, 0.6) is 0 Å². The van der Waals surface area contributed by atoms with Crippen molar-refractivity contribution >= 4 is 10.9 Å². The average molecular weight is 245 g/mol. The highest BCUT2D eigenvalue weighted by Crippen LogP contribution is 2.27. The van der Waals surface area contributed by atoms with Crippen molar-refractivity contribution in [3.8, 4) is 0 Å². The summed E-state index contributed by atoms with van der Waals surface area (Å²) < 4.78 is 5.34. The third-order valence-corrected chi connectivity index (χ3v) is 3.25. The quantitative estimate of drug-likeness (QED) is 0.900. The largest absolute Gasteiger partial charge is 0.388 e. The monoisotopic (exact) mass is 245 g/mol. The first-order chi connectivity index (χ1) is 8.52. The van der Waals surface area contributed by atoms with Crippen LogP contribution in [0.25, 0.3) is 10.9 Å². The minimum atomic E-state index is -0.536. The van der Waals surface area contributed by atoms with Crippen molar-refractivity contribution in [3.63, 3.8) is 0 Å². The number of hydrogen-bond donors (Lipinski definition) is 1. The first-order valence-electron chi connectivity index (χ1n) is 6.10. The summed E-state index contributed by atoms with van der Waals surface area (Å²) in [4.78, 5) is 4.30. The molecule has 18 heavy (non-hydrogen) atoms. The molecule has 1 heterocycles. The van der Waals surface area contributed by atoms with Crippen LogP contribution in [0.4, 0.5) is 0 Å². The highest BCUT2D eigenvalue weighted by atomic mass is 16.5. The van der Waals surface area contributed by atoms with Crippen LogP contribution < -0.4 is 0 Å². The third-order valence-electron chi connectivity index (χ3n) is 3.25. The molecule has 0 spiro atoms. The zero-order chi connectivity index (χ0) is 13.2. The number of aromatic nitrogens is 1. The van der Waals surface area contributed by atoms with Crippen LogP contribution in [0, 0.1) is 0 Å². The molecule has 96 valence electrons. The third kappa shape index (κ3) is 2.86. The Kier molecular flexibility index (Phi) is 3.64. The molecule has 1 unspecified atom stereocenters. The van der Waals surface area contributed by atoms with Gasteiger partial charge in [0.2, 0.25) is 0 Å². The normalized spacial score (nSPS) is 13.8. The molecule has 3 heteroatoms. The minimum absolute atomic E-state index is 0.335. The van der Waals surface area contributed by atoms with E-state index in [4.69, 9.17) is 4.74 Å². The number of hydrogen-bond acceptors (Lipinski definition) is 3. The van der Waals surface area contributed by atoms with E-state index in [0.29, 0.717) is 6.42 Å². The fourth-order valence-corrected chi connectivity index (χ4v) is 1.96. The van der Waals surface area contributed by atoms with E-state index in [1.807, 2.05) is 44.2 Å². The van der Waals surface area contributed by atoms with Crippen molar-refractivity contribution in [1.82, 2.24) is 4.98 Å². The Labute approximate surface area is 107 Å². The van der Waals surface area contributed by atoms with Crippen molar-refractivity contribution in [2.75, 3.05) is 7.11 Å². The number of ether oxygens (including phenoxy) is 1. The second kappa shape index (κ2) is 5.04. The van der Waals surface area contributed by atoms with Crippen LogP contribution in [-0.2, 0) is 4.74 Å². The molecule has 1 aromatic carbocycles. The number of aliphatic hydroxyl groups is 1. The standard InChI is InChI=1S/C15H19NO2/c1-15(2,18-3)10-14(17)12-7-6-11-5-4-8-16-13(11)9-12/h4-9,14,17H,10H2,1-3H3. The van der Waals surface area contributed by atoms with Crippen molar-refractivity contribution in [1.29, 1.82) is 0 Å². The Morgan fingerprint density at radius 1 is 1.33 bits per heavy atom. The SMILES string of the molecule is COC(C)(C)CC(O)c1ccc2cccnc2c1. The van der Waals surface area contributed by atoms with E-state index >= 15 is 0 Å². The van der Waals surface area contributed by atoms with Gasteiger partial charge >= 0.3 is 0 Å². The Bertz CT molecular complexity index is 537. The summed E-state index contributed by atoms with van der Waals surface area (Å²) in [5, 5.41) is 11.3. The van der Waals surface area contributed by atoms with Gasteiger partial charge in [0.15, 0.2) is 0 Å². The topological polar surface area (TPSA) is 42.4 Å². The van der Waals surface area contributed by atoms with E-state index < -0.39 is 6.10 Å². The van der Waals surface area contributed by atoms with Crippen LogP contribution in [0.3, 0.4) is 0 Å². The zero-order valence-corrected chi connectivity index (χ0v) is 11.1. The summed E-state index contributed by atoms with van der Waals surface area (Å²) in [5.74, 6) is 0. The average Bonchev–Trinajstić information content (AvgIpc) is 2.37. The van der Waals surface area contributed by atoms with Crippen molar-refractivity contribution in [2.24, 2.45) is 0 Å².